The third-order valence-electron chi connectivity index (χ3n) is 6.70. The van der Waals surface area contributed by atoms with Gasteiger partial charge in [0.2, 0.25) is 0 Å². The summed E-state index contributed by atoms with van der Waals surface area (Å²) < 4.78 is 10.9. The van der Waals surface area contributed by atoms with E-state index in [9.17, 15) is 9.59 Å². The predicted octanol–water partition coefficient (Wildman–Crippen LogP) is 2.79. The van der Waals surface area contributed by atoms with Crippen molar-refractivity contribution in [2.45, 2.75) is 56.6 Å². The second-order valence-electron chi connectivity index (χ2n) is 9.12. The first-order valence-electron chi connectivity index (χ1n) is 10.6. The average molecular weight is 451 g/mol. The van der Waals surface area contributed by atoms with E-state index in [2.05, 4.69) is 10.3 Å². The Hall–Kier alpha value is -2.48. The molecule has 8 nitrogen and oxygen atoms in total. The molecular formula is C22H31ClN4O4. The molecular weight excluding hydrogens is 420 g/mol. The van der Waals surface area contributed by atoms with E-state index in [1.54, 1.807) is 12.1 Å². The number of esters is 1. The Labute approximate surface area is 188 Å². The van der Waals surface area contributed by atoms with Crippen molar-refractivity contribution in [1.29, 1.82) is 0 Å². The lowest BCUT2D eigenvalue weighted by atomic mass is 9.54. The van der Waals surface area contributed by atoms with Gasteiger partial charge in [-0.2, -0.15) is 0 Å². The van der Waals surface area contributed by atoms with Gasteiger partial charge in [-0.05, 0) is 74.0 Å². The number of hydrogen-bond donors (Lipinski definition) is 3. The highest BCUT2D eigenvalue weighted by atomic mass is 35.5. The summed E-state index contributed by atoms with van der Waals surface area (Å²) in [6, 6.07) is 6.28. The van der Waals surface area contributed by atoms with Crippen LogP contribution in [-0.2, 0) is 20.7 Å². The van der Waals surface area contributed by atoms with Crippen molar-refractivity contribution in [3.05, 3.63) is 29.8 Å². The minimum atomic E-state index is -0.828. The number of nitrogens with one attached hydrogen (secondary N) is 1. The topological polar surface area (TPSA) is 129 Å². The fraction of sp³-hybridized carbons (Fsp3) is 0.591. The summed E-state index contributed by atoms with van der Waals surface area (Å²) in [6.45, 7) is 0. The molecule has 0 unspecified atom stereocenters. The van der Waals surface area contributed by atoms with Gasteiger partial charge in [0.05, 0.1) is 12.8 Å². The standard InChI is InChI=1S/C22H30N4O4.ClH/c1-29-19(27)18(9-13-2-4-17(5-3-13)25-20(23)24)26-21(28)30-22-10-14-6-15(11-22)8-16(7-14)12-22;/h2-5,14-16,18H,6-12H2,1H3,(H,26,28)(H4,23,24,25);1H/t14?,15?,16?,18-,22?;/m0./s1. The SMILES string of the molecule is COC(=O)[C@H](Cc1ccc(N=C(N)N)cc1)NC(=O)OC12CC3CC(CC(C3)C1)C2.Cl. The lowest BCUT2D eigenvalue weighted by molar-refractivity contribution is -0.144. The van der Waals surface area contributed by atoms with Crippen molar-refractivity contribution in [3.8, 4) is 0 Å². The van der Waals surface area contributed by atoms with E-state index in [0.29, 0.717) is 23.4 Å². The van der Waals surface area contributed by atoms with E-state index >= 15 is 0 Å². The quantitative estimate of drug-likeness (QED) is 0.347. The number of nitrogens with two attached hydrogens (primary N) is 2. The molecule has 31 heavy (non-hydrogen) atoms. The summed E-state index contributed by atoms with van der Waals surface area (Å²) in [5.74, 6) is 1.48. The fourth-order valence-corrected chi connectivity index (χ4v) is 5.95. The van der Waals surface area contributed by atoms with Crippen LogP contribution in [0.1, 0.15) is 44.1 Å². The number of hydrogen-bond acceptors (Lipinski definition) is 5. The molecule has 0 heterocycles. The zero-order valence-corrected chi connectivity index (χ0v) is 18.5. The van der Waals surface area contributed by atoms with E-state index in [1.807, 2.05) is 12.1 Å². The van der Waals surface area contributed by atoms with Gasteiger partial charge < -0.3 is 26.3 Å². The molecule has 5 N–H and O–H groups in total. The van der Waals surface area contributed by atoms with Crippen molar-refractivity contribution in [1.82, 2.24) is 5.32 Å². The van der Waals surface area contributed by atoms with Gasteiger partial charge in [-0.3, -0.25) is 0 Å². The summed E-state index contributed by atoms with van der Waals surface area (Å²) in [6.07, 6.45) is 6.39. The van der Waals surface area contributed by atoms with Crippen LogP contribution >= 0.6 is 12.4 Å². The Morgan fingerprint density at radius 1 is 1.10 bits per heavy atom. The lowest BCUT2D eigenvalue weighted by Crippen LogP contribution is -2.55. The number of aliphatic imine (C=N–C) groups is 1. The molecule has 4 fully saturated rings. The number of benzene rings is 1. The molecule has 1 amide bonds. The van der Waals surface area contributed by atoms with Crippen LogP contribution < -0.4 is 16.8 Å². The largest absolute Gasteiger partial charge is 0.467 e. The van der Waals surface area contributed by atoms with Crippen molar-refractivity contribution in [2.24, 2.45) is 34.2 Å². The van der Waals surface area contributed by atoms with Crippen LogP contribution in [0.4, 0.5) is 10.5 Å². The minimum absolute atomic E-state index is 0. The minimum Gasteiger partial charge on any atom is -0.467 e. The van der Waals surface area contributed by atoms with Gasteiger partial charge in [-0.15, -0.1) is 12.4 Å². The second-order valence-corrected chi connectivity index (χ2v) is 9.12. The van der Waals surface area contributed by atoms with Gasteiger partial charge in [0.1, 0.15) is 11.6 Å². The number of methoxy groups -OCH3 is 1. The molecule has 1 aromatic carbocycles. The smallest absolute Gasteiger partial charge is 0.408 e. The third-order valence-corrected chi connectivity index (χ3v) is 6.70. The zero-order valence-electron chi connectivity index (χ0n) is 17.7. The van der Waals surface area contributed by atoms with Gasteiger partial charge in [-0.1, -0.05) is 12.1 Å². The van der Waals surface area contributed by atoms with Crippen LogP contribution in [0, 0.1) is 17.8 Å². The number of ether oxygens (including phenoxy) is 2. The maximum atomic E-state index is 12.7. The van der Waals surface area contributed by atoms with Crippen molar-refractivity contribution >= 4 is 36.1 Å². The summed E-state index contributed by atoms with van der Waals surface area (Å²) >= 11 is 0. The van der Waals surface area contributed by atoms with Crippen LogP contribution in [0.2, 0.25) is 0 Å². The Morgan fingerprint density at radius 3 is 2.13 bits per heavy atom. The number of carbonyl (C=O) groups excluding carboxylic acids is 2. The number of nitrogens with zero attached hydrogens (tertiary/aromatic N) is 1. The first-order valence-corrected chi connectivity index (χ1v) is 10.6. The van der Waals surface area contributed by atoms with Gasteiger partial charge in [0.25, 0.3) is 0 Å². The van der Waals surface area contributed by atoms with Gasteiger partial charge in [0, 0.05) is 6.42 Å². The highest BCUT2D eigenvalue weighted by Gasteiger charge is 2.53. The maximum absolute atomic E-state index is 12.7. The molecule has 9 heteroatoms. The Morgan fingerprint density at radius 2 is 1.65 bits per heavy atom. The van der Waals surface area contributed by atoms with Crippen molar-refractivity contribution in [3.63, 3.8) is 0 Å². The molecule has 1 atom stereocenters. The first-order chi connectivity index (χ1) is 14.3. The van der Waals surface area contributed by atoms with E-state index in [-0.39, 0.29) is 30.4 Å². The number of alkyl carbamates (subject to hydrolysis) is 1. The van der Waals surface area contributed by atoms with Crippen LogP contribution in [0.5, 0.6) is 0 Å². The van der Waals surface area contributed by atoms with Crippen LogP contribution in [0.15, 0.2) is 29.3 Å². The monoisotopic (exact) mass is 450 g/mol. The molecule has 0 spiro atoms. The van der Waals surface area contributed by atoms with Crippen LogP contribution in [0.3, 0.4) is 0 Å². The van der Waals surface area contributed by atoms with E-state index in [0.717, 1.165) is 24.8 Å². The maximum Gasteiger partial charge on any atom is 0.408 e. The van der Waals surface area contributed by atoms with E-state index in [4.69, 9.17) is 20.9 Å². The van der Waals surface area contributed by atoms with E-state index < -0.39 is 18.1 Å². The van der Waals surface area contributed by atoms with E-state index in [1.165, 1.54) is 26.4 Å². The van der Waals surface area contributed by atoms with Gasteiger partial charge in [-0.25, -0.2) is 14.6 Å². The van der Waals surface area contributed by atoms with Crippen LogP contribution in [-0.4, -0.2) is 36.8 Å². The molecule has 0 aliphatic heterocycles. The van der Waals surface area contributed by atoms with Gasteiger partial charge >= 0.3 is 12.1 Å². The van der Waals surface area contributed by atoms with Gasteiger partial charge in [0.15, 0.2) is 5.96 Å². The molecule has 0 saturated heterocycles. The summed E-state index contributed by atoms with van der Waals surface area (Å²) in [5, 5.41) is 2.73. The normalized spacial score (nSPS) is 28.7. The lowest BCUT2D eigenvalue weighted by Gasteiger charge is -2.55. The van der Waals surface area contributed by atoms with Crippen LogP contribution in [0.25, 0.3) is 0 Å². The molecule has 4 saturated carbocycles. The molecule has 0 aromatic heterocycles. The van der Waals surface area contributed by atoms with Crippen molar-refractivity contribution in [2.75, 3.05) is 7.11 Å². The Kier molecular flexibility index (Phi) is 6.99. The highest BCUT2D eigenvalue weighted by molar-refractivity contribution is 5.85. The summed E-state index contributed by atoms with van der Waals surface area (Å²) in [5.41, 5.74) is 11.9. The molecule has 4 bridgehead atoms. The Balaban J connectivity index is 0.00000272. The molecule has 5 rings (SSSR count). The molecule has 1 aromatic rings. The number of halogens is 1. The summed E-state index contributed by atoms with van der Waals surface area (Å²) in [7, 11) is 1.31. The first kappa shape index (κ1) is 23.2. The summed E-state index contributed by atoms with van der Waals surface area (Å²) in [4.78, 5) is 29.0. The third kappa shape index (κ3) is 5.42. The number of rotatable bonds is 6. The number of carbonyl (C=O) groups is 2. The molecule has 4 aliphatic rings. The second kappa shape index (κ2) is 9.34. The molecule has 0 radical (unpaired) electrons. The average Bonchev–Trinajstić information content (AvgIpc) is 2.66. The number of amides is 1. The van der Waals surface area contributed by atoms with Crippen molar-refractivity contribution < 1.29 is 19.1 Å². The number of guanidine groups is 1. The fourth-order valence-electron chi connectivity index (χ4n) is 5.95. The molecule has 4 aliphatic carbocycles. The molecule has 170 valence electrons. The Bertz CT molecular complexity index is 803. The highest BCUT2D eigenvalue weighted by Crippen LogP contribution is 2.57. The zero-order chi connectivity index (χ0) is 21.3. The predicted molar refractivity (Wildman–Crippen MR) is 119 cm³/mol.